The van der Waals surface area contributed by atoms with Gasteiger partial charge in [-0.1, -0.05) is 30.3 Å². The Morgan fingerprint density at radius 1 is 1.05 bits per heavy atom. The van der Waals surface area contributed by atoms with Gasteiger partial charge in [-0.2, -0.15) is 5.26 Å². The Morgan fingerprint density at radius 3 is 2.38 bits per heavy atom. The molecule has 0 saturated heterocycles. The normalized spacial score (nSPS) is 10.2. The van der Waals surface area contributed by atoms with E-state index in [1.54, 1.807) is 30.3 Å². The standard InChI is InChI=1S/C17H11NO3/c18-11-15-7-6-14(10-13(15)8-9-16(19)20)17(21)12-4-2-1-3-5-12/h1-10H,(H,19,20)/b9-8-. The zero-order valence-corrected chi connectivity index (χ0v) is 11.0. The summed E-state index contributed by atoms with van der Waals surface area (Å²) in [7, 11) is 0. The number of hydrogen-bond donors (Lipinski definition) is 1. The van der Waals surface area contributed by atoms with Crippen molar-refractivity contribution in [1.29, 1.82) is 5.26 Å². The summed E-state index contributed by atoms with van der Waals surface area (Å²) in [6.45, 7) is 0. The van der Waals surface area contributed by atoms with Crippen LogP contribution in [0, 0.1) is 11.3 Å². The lowest BCUT2D eigenvalue weighted by atomic mass is 9.98. The first-order chi connectivity index (χ1) is 10.1. The number of nitriles is 1. The maximum atomic E-state index is 12.3. The van der Waals surface area contributed by atoms with Crippen molar-refractivity contribution in [1.82, 2.24) is 0 Å². The summed E-state index contributed by atoms with van der Waals surface area (Å²) in [5.41, 5.74) is 1.67. The summed E-state index contributed by atoms with van der Waals surface area (Å²) < 4.78 is 0. The van der Waals surface area contributed by atoms with Gasteiger partial charge in [0.25, 0.3) is 0 Å². The molecule has 102 valence electrons. The summed E-state index contributed by atoms with van der Waals surface area (Å²) in [4.78, 5) is 22.9. The lowest BCUT2D eigenvalue weighted by Crippen LogP contribution is -2.02. The molecule has 0 bridgehead atoms. The van der Waals surface area contributed by atoms with Crippen LogP contribution in [-0.4, -0.2) is 16.9 Å². The third-order valence-electron chi connectivity index (χ3n) is 2.88. The van der Waals surface area contributed by atoms with Gasteiger partial charge in [0, 0.05) is 17.2 Å². The van der Waals surface area contributed by atoms with Gasteiger partial charge >= 0.3 is 5.97 Å². The van der Waals surface area contributed by atoms with Gasteiger partial charge in [0.05, 0.1) is 11.6 Å². The van der Waals surface area contributed by atoms with E-state index in [0.29, 0.717) is 22.3 Å². The highest BCUT2D eigenvalue weighted by Gasteiger charge is 2.10. The highest BCUT2D eigenvalue weighted by Crippen LogP contribution is 2.16. The summed E-state index contributed by atoms with van der Waals surface area (Å²) in [6.07, 6.45) is 2.25. The molecule has 0 unspecified atom stereocenters. The molecule has 4 heteroatoms. The van der Waals surface area contributed by atoms with Crippen molar-refractivity contribution in [2.45, 2.75) is 0 Å². The van der Waals surface area contributed by atoms with Crippen molar-refractivity contribution >= 4 is 17.8 Å². The van der Waals surface area contributed by atoms with Crippen molar-refractivity contribution in [2.24, 2.45) is 0 Å². The van der Waals surface area contributed by atoms with Crippen LogP contribution >= 0.6 is 0 Å². The van der Waals surface area contributed by atoms with Crippen LogP contribution in [0.1, 0.15) is 27.0 Å². The second-order valence-electron chi connectivity index (χ2n) is 4.28. The zero-order valence-electron chi connectivity index (χ0n) is 11.0. The fourth-order valence-corrected chi connectivity index (χ4v) is 1.86. The van der Waals surface area contributed by atoms with Crippen LogP contribution in [0.4, 0.5) is 0 Å². The molecule has 21 heavy (non-hydrogen) atoms. The highest BCUT2D eigenvalue weighted by molar-refractivity contribution is 6.09. The van der Waals surface area contributed by atoms with Gasteiger partial charge in [0.1, 0.15) is 0 Å². The fourth-order valence-electron chi connectivity index (χ4n) is 1.86. The summed E-state index contributed by atoms with van der Waals surface area (Å²) in [5, 5.41) is 17.7. The molecule has 0 aliphatic carbocycles. The Balaban J connectivity index is 2.43. The van der Waals surface area contributed by atoms with E-state index >= 15 is 0 Å². The number of ketones is 1. The second kappa shape index (κ2) is 6.31. The maximum absolute atomic E-state index is 12.3. The predicted octanol–water partition coefficient (Wildman–Crippen LogP) is 2.89. The van der Waals surface area contributed by atoms with Crippen molar-refractivity contribution in [3.63, 3.8) is 0 Å². The molecule has 0 heterocycles. The fraction of sp³-hybridized carbons (Fsp3) is 0. The van der Waals surface area contributed by atoms with Gasteiger partial charge in [-0.25, -0.2) is 4.79 Å². The molecule has 1 N–H and O–H groups in total. The topological polar surface area (TPSA) is 78.2 Å². The first-order valence-electron chi connectivity index (χ1n) is 6.16. The van der Waals surface area contributed by atoms with Crippen LogP contribution in [0.5, 0.6) is 0 Å². The number of benzene rings is 2. The molecule has 0 aliphatic heterocycles. The van der Waals surface area contributed by atoms with E-state index in [-0.39, 0.29) is 5.78 Å². The predicted molar refractivity (Wildman–Crippen MR) is 77.7 cm³/mol. The SMILES string of the molecule is N#Cc1ccc(C(=O)c2ccccc2)cc1/C=C\C(=O)O. The lowest BCUT2D eigenvalue weighted by Gasteiger charge is -2.04. The van der Waals surface area contributed by atoms with Gasteiger partial charge in [-0.3, -0.25) is 4.79 Å². The third kappa shape index (κ3) is 3.43. The van der Waals surface area contributed by atoms with Gasteiger partial charge in [0.15, 0.2) is 5.78 Å². The lowest BCUT2D eigenvalue weighted by molar-refractivity contribution is -0.131. The van der Waals surface area contributed by atoms with Gasteiger partial charge in [0.2, 0.25) is 0 Å². The first-order valence-corrected chi connectivity index (χ1v) is 6.16. The van der Waals surface area contributed by atoms with E-state index in [0.717, 1.165) is 6.08 Å². The Kier molecular flexibility index (Phi) is 4.27. The van der Waals surface area contributed by atoms with E-state index in [1.165, 1.54) is 18.2 Å². The highest BCUT2D eigenvalue weighted by atomic mass is 16.4. The number of carbonyl (C=O) groups excluding carboxylic acids is 1. The Hall–Kier alpha value is -3.19. The summed E-state index contributed by atoms with van der Waals surface area (Å²) >= 11 is 0. The van der Waals surface area contributed by atoms with Crippen LogP contribution in [0.2, 0.25) is 0 Å². The third-order valence-corrected chi connectivity index (χ3v) is 2.88. The number of nitrogens with zero attached hydrogens (tertiary/aromatic N) is 1. The molecular formula is C17H11NO3. The molecule has 2 aromatic carbocycles. The average molecular weight is 277 g/mol. The molecule has 0 saturated carbocycles. The smallest absolute Gasteiger partial charge is 0.328 e. The molecule has 0 radical (unpaired) electrons. The molecule has 0 atom stereocenters. The van der Waals surface area contributed by atoms with Crippen molar-refractivity contribution in [3.05, 3.63) is 76.9 Å². The largest absolute Gasteiger partial charge is 0.478 e. The van der Waals surface area contributed by atoms with E-state index in [4.69, 9.17) is 10.4 Å². The van der Waals surface area contributed by atoms with Crippen LogP contribution in [0.15, 0.2) is 54.6 Å². The van der Waals surface area contributed by atoms with E-state index in [9.17, 15) is 9.59 Å². The molecule has 0 aliphatic rings. The minimum Gasteiger partial charge on any atom is -0.478 e. The van der Waals surface area contributed by atoms with Crippen LogP contribution < -0.4 is 0 Å². The molecule has 0 aromatic heterocycles. The number of aliphatic carboxylic acids is 1. The first kappa shape index (κ1) is 14.2. The number of hydrogen-bond acceptors (Lipinski definition) is 3. The molecule has 2 rings (SSSR count). The van der Waals surface area contributed by atoms with Gasteiger partial charge < -0.3 is 5.11 Å². The summed E-state index contributed by atoms with van der Waals surface area (Å²) in [6, 6.07) is 15.3. The summed E-state index contributed by atoms with van der Waals surface area (Å²) in [5.74, 6) is -1.29. The Labute approximate surface area is 121 Å². The average Bonchev–Trinajstić information content (AvgIpc) is 2.52. The molecule has 0 spiro atoms. The maximum Gasteiger partial charge on any atom is 0.328 e. The van der Waals surface area contributed by atoms with Crippen LogP contribution in [0.25, 0.3) is 6.08 Å². The Bertz CT molecular complexity index is 755. The van der Waals surface area contributed by atoms with Crippen LogP contribution in [0.3, 0.4) is 0 Å². The minimum absolute atomic E-state index is 0.176. The molecule has 4 nitrogen and oxygen atoms in total. The molecular weight excluding hydrogens is 266 g/mol. The van der Waals surface area contributed by atoms with E-state index in [1.807, 2.05) is 12.1 Å². The minimum atomic E-state index is -1.11. The number of rotatable bonds is 4. The number of carboxylic acids is 1. The monoisotopic (exact) mass is 277 g/mol. The molecule has 2 aromatic rings. The number of carboxylic acid groups (broad SMARTS) is 1. The van der Waals surface area contributed by atoms with Crippen molar-refractivity contribution < 1.29 is 14.7 Å². The van der Waals surface area contributed by atoms with Crippen LogP contribution in [-0.2, 0) is 4.79 Å². The van der Waals surface area contributed by atoms with E-state index in [2.05, 4.69) is 0 Å². The second-order valence-corrected chi connectivity index (χ2v) is 4.28. The zero-order chi connectivity index (χ0) is 15.2. The van der Waals surface area contributed by atoms with Crippen molar-refractivity contribution in [3.8, 4) is 6.07 Å². The van der Waals surface area contributed by atoms with Crippen molar-refractivity contribution in [2.75, 3.05) is 0 Å². The molecule has 0 fully saturated rings. The molecule has 0 amide bonds. The quantitative estimate of drug-likeness (QED) is 0.688. The number of carbonyl (C=O) groups is 2. The van der Waals surface area contributed by atoms with Gasteiger partial charge in [-0.05, 0) is 29.8 Å². The van der Waals surface area contributed by atoms with Gasteiger partial charge in [-0.15, -0.1) is 0 Å². The van der Waals surface area contributed by atoms with E-state index < -0.39 is 5.97 Å². The Morgan fingerprint density at radius 2 is 1.76 bits per heavy atom.